The largest absolute Gasteiger partial charge is 0.494 e. The van der Waals surface area contributed by atoms with E-state index in [1.807, 2.05) is 6.92 Å². The first-order valence-electron chi connectivity index (χ1n) is 6.44. The number of hydrogen-bond acceptors (Lipinski definition) is 4. The summed E-state index contributed by atoms with van der Waals surface area (Å²) in [6.07, 6.45) is 0.263. The van der Waals surface area contributed by atoms with E-state index in [1.165, 1.54) is 0 Å². The molecule has 0 bridgehead atoms. The lowest BCUT2D eigenvalue weighted by Gasteiger charge is -2.23. The lowest BCUT2D eigenvalue weighted by Crippen LogP contribution is -2.55. The highest BCUT2D eigenvalue weighted by Gasteiger charge is 2.44. The number of amides is 1. The van der Waals surface area contributed by atoms with Crippen LogP contribution in [0.15, 0.2) is 24.3 Å². The number of carbonyl (C=O) groups excluding carboxylic acids is 1. The van der Waals surface area contributed by atoms with Gasteiger partial charge in [0.05, 0.1) is 13.2 Å². The Morgan fingerprint density at radius 3 is 2.90 bits per heavy atom. The summed E-state index contributed by atoms with van der Waals surface area (Å²) in [5, 5.41) is 11.8. The molecule has 1 aromatic rings. The van der Waals surface area contributed by atoms with E-state index < -0.39 is 17.4 Å². The minimum atomic E-state index is -1.33. The van der Waals surface area contributed by atoms with Gasteiger partial charge in [-0.3, -0.25) is 4.79 Å². The zero-order valence-electron chi connectivity index (χ0n) is 11.2. The second-order valence-electron chi connectivity index (χ2n) is 4.60. The number of carboxylic acids is 1. The molecular formula is C14H17NO5. The van der Waals surface area contributed by atoms with E-state index in [1.54, 1.807) is 24.3 Å². The van der Waals surface area contributed by atoms with Crippen molar-refractivity contribution in [2.24, 2.45) is 0 Å². The van der Waals surface area contributed by atoms with E-state index in [4.69, 9.17) is 9.47 Å². The van der Waals surface area contributed by atoms with Gasteiger partial charge >= 0.3 is 5.97 Å². The SMILES string of the molecule is CCOc1cccc(C(=O)NC2(C(=O)O)CCOC2)c1. The third-order valence-electron chi connectivity index (χ3n) is 3.19. The molecule has 1 heterocycles. The molecule has 1 aliphatic rings. The van der Waals surface area contributed by atoms with Crippen molar-refractivity contribution in [1.82, 2.24) is 5.32 Å². The summed E-state index contributed by atoms with van der Waals surface area (Å²) in [5.41, 5.74) is -0.970. The van der Waals surface area contributed by atoms with Crippen molar-refractivity contribution < 1.29 is 24.2 Å². The van der Waals surface area contributed by atoms with Crippen LogP contribution in [0, 0.1) is 0 Å². The highest BCUT2D eigenvalue weighted by molar-refractivity contribution is 5.98. The zero-order valence-corrected chi connectivity index (χ0v) is 11.2. The zero-order chi connectivity index (χ0) is 14.6. The quantitative estimate of drug-likeness (QED) is 0.841. The Morgan fingerprint density at radius 1 is 1.50 bits per heavy atom. The molecule has 1 fully saturated rings. The molecule has 0 radical (unpaired) electrons. The van der Waals surface area contributed by atoms with Crippen molar-refractivity contribution in [3.63, 3.8) is 0 Å². The maximum atomic E-state index is 12.2. The van der Waals surface area contributed by atoms with Gasteiger partial charge in [-0.15, -0.1) is 0 Å². The average molecular weight is 279 g/mol. The van der Waals surface area contributed by atoms with Gasteiger partial charge in [-0.25, -0.2) is 4.79 Å². The number of hydrogen-bond donors (Lipinski definition) is 2. The average Bonchev–Trinajstić information content (AvgIpc) is 2.89. The normalized spacial score (nSPS) is 21.4. The number of aliphatic carboxylic acids is 1. The standard InChI is InChI=1S/C14H17NO5/c1-2-20-11-5-3-4-10(8-11)12(16)15-14(13(17)18)6-7-19-9-14/h3-5,8H,2,6-7,9H2,1H3,(H,15,16)(H,17,18). The van der Waals surface area contributed by atoms with Crippen LogP contribution in [0.2, 0.25) is 0 Å². The molecule has 1 unspecified atom stereocenters. The highest BCUT2D eigenvalue weighted by Crippen LogP contribution is 2.20. The number of benzene rings is 1. The second-order valence-corrected chi connectivity index (χ2v) is 4.60. The van der Waals surface area contributed by atoms with Crippen LogP contribution in [-0.2, 0) is 9.53 Å². The maximum absolute atomic E-state index is 12.2. The summed E-state index contributed by atoms with van der Waals surface area (Å²) < 4.78 is 10.4. The van der Waals surface area contributed by atoms with Gasteiger partial charge in [-0.2, -0.15) is 0 Å². The molecule has 1 aliphatic heterocycles. The van der Waals surface area contributed by atoms with Crippen molar-refractivity contribution in [1.29, 1.82) is 0 Å². The minimum absolute atomic E-state index is 0.0147. The summed E-state index contributed by atoms with van der Waals surface area (Å²) in [6, 6.07) is 6.64. The summed E-state index contributed by atoms with van der Waals surface area (Å²) in [4.78, 5) is 23.5. The number of ether oxygens (including phenoxy) is 2. The third-order valence-corrected chi connectivity index (χ3v) is 3.19. The highest BCUT2D eigenvalue weighted by atomic mass is 16.5. The van der Waals surface area contributed by atoms with Crippen molar-refractivity contribution >= 4 is 11.9 Å². The topological polar surface area (TPSA) is 84.9 Å². The van der Waals surface area contributed by atoms with E-state index in [2.05, 4.69) is 5.32 Å². The summed E-state index contributed by atoms with van der Waals surface area (Å²) >= 11 is 0. The van der Waals surface area contributed by atoms with Crippen LogP contribution >= 0.6 is 0 Å². The molecule has 2 rings (SSSR count). The van der Waals surface area contributed by atoms with Gasteiger partial charge in [-0.05, 0) is 25.1 Å². The van der Waals surface area contributed by atoms with Gasteiger partial charge in [0.2, 0.25) is 0 Å². The first kappa shape index (κ1) is 14.3. The van der Waals surface area contributed by atoms with E-state index in [9.17, 15) is 14.7 Å². The minimum Gasteiger partial charge on any atom is -0.494 e. The lowest BCUT2D eigenvalue weighted by molar-refractivity contribution is -0.144. The fraction of sp³-hybridized carbons (Fsp3) is 0.429. The van der Waals surface area contributed by atoms with Crippen molar-refractivity contribution in [3.8, 4) is 5.75 Å². The van der Waals surface area contributed by atoms with Crippen molar-refractivity contribution in [2.45, 2.75) is 18.9 Å². The Labute approximate surface area is 116 Å². The van der Waals surface area contributed by atoms with Crippen LogP contribution in [-0.4, -0.2) is 42.3 Å². The molecule has 1 amide bonds. The summed E-state index contributed by atoms with van der Waals surface area (Å²) in [7, 11) is 0. The van der Waals surface area contributed by atoms with E-state index in [0.717, 1.165) is 0 Å². The molecule has 2 N–H and O–H groups in total. The second kappa shape index (κ2) is 5.92. The molecule has 6 nitrogen and oxygen atoms in total. The molecule has 1 aromatic carbocycles. The first-order chi connectivity index (χ1) is 9.57. The fourth-order valence-corrected chi connectivity index (χ4v) is 2.07. The van der Waals surface area contributed by atoms with Crippen LogP contribution < -0.4 is 10.1 Å². The number of nitrogens with one attached hydrogen (secondary N) is 1. The van der Waals surface area contributed by atoms with Crippen molar-refractivity contribution in [3.05, 3.63) is 29.8 Å². The van der Waals surface area contributed by atoms with Crippen molar-refractivity contribution in [2.75, 3.05) is 19.8 Å². The van der Waals surface area contributed by atoms with Crippen LogP contribution in [0.25, 0.3) is 0 Å². The molecular weight excluding hydrogens is 262 g/mol. The van der Waals surface area contributed by atoms with E-state index in [-0.39, 0.29) is 13.0 Å². The maximum Gasteiger partial charge on any atom is 0.331 e. The van der Waals surface area contributed by atoms with Gasteiger partial charge in [-0.1, -0.05) is 6.07 Å². The van der Waals surface area contributed by atoms with Crippen LogP contribution in [0.5, 0.6) is 5.75 Å². The molecule has 0 aromatic heterocycles. The Bertz CT molecular complexity index is 508. The molecule has 20 heavy (non-hydrogen) atoms. The number of carboxylic acid groups (broad SMARTS) is 1. The molecule has 0 saturated carbocycles. The first-order valence-corrected chi connectivity index (χ1v) is 6.44. The Hall–Kier alpha value is -2.08. The molecule has 0 aliphatic carbocycles. The third kappa shape index (κ3) is 2.91. The Kier molecular flexibility index (Phi) is 4.24. The molecule has 1 atom stereocenters. The van der Waals surface area contributed by atoms with E-state index >= 15 is 0 Å². The smallest absolute Gasteiger partial charge is 0.331 e. The molecule has 108 valence electrons. The molecule has 1 saturated heterocycles. The number of carbonyl (C=O) groups is 2. The van der Waals surface area contributed by atoms with Crippen LogP contribution in [0.4, 0.5) is 0 Å². The summed E-state index contributed by atoms with van der Waals surface area (Å²) in [6.45, 7) is 2.66. The van der Waals surface area contributed by atoms with Crippen LogP contribution in [0.3, 0.4) is 0 Å². The Balaban J connectivity index is 2.15. The fourth-order valence-electron chi connectivity index (χ4n) is 2.07. The molecule has 0 spiro atoms. The monoisotopic (exact) mass is 279 g/mol. The summed E-state index contributed by atoms with van der Waals surface area (Å²) in [5.74, 6) is -0.948. The lowest BCUT2D eigenvalue weighted by atomic mass is 9.98. The predicted molar refractivity (Wildman–Crippen MR) is 70.9 cm³/mol. The predicted octanol–water partition coefficient (Wildman–Crippen LogP) is 1.06. The van der Waals surface area contributed by atoms with Crippen LogP contribution in [0.1, 0.15) is 23.7 Å². The van der Waals surface area contributed by atoms with Gasteiger partial charge in [0, 0.05) is 18.6 Å². The van der Waals surface area contributed by atoms with E-state index in [0.29, 0.717) is 24.5 Å². The van der Waals surface area contributed by atoms with Gasteiger partial charge in [0.25, 0.3) is 5.91 Å². The van der Waals surface area contributed by atoms with Gasteiger partial charge in [0.15, 0.2) is 5.54 Å². The number of rotatable bonds is 5. The van der Waals surface area contributed by atoms with Gasteiger partial charge < -0.3 is 19.9 Å². The molecule has 6 heteroatoms. The van der Waals surface area contributed by atoms with Gasteiger partial charge in [0.1, 0.15) is 5.75 Å². The Morgan fingerprint density at radius 2 is 2.30 bits per heavy atom.